The van der Waals surface area contributed by atoms with E-state index in [1.54, 1.807) is 12.1 Å². The van der Waals surface area contributed by atoms with Gasteiger partial charge in [0.05, 0.1) is 21.1 Å². The van der Waals surface area contributed by atoms with Crippen molar-refractivity contribution < 1.29 is 4.39 Å². The number of halogens is 2. The van der Waals surface area contributed by atoms with Crippen molar-refractivity contribution in [2.24, 2.45) is 0 Å². The molecule has 0 spiro atoms. The fourth-order valence-electron chi connectivity index (χ4n) is 1.01. The second-order valence-corrected chi connectivity index (χ2v) is 4.62. The van der Waals surface area contributed by atoms with Crippen molar-refractivity contribution >= 4 is 35.2 Å². The van der Waals surface area contributed by atoms with E-state index in [2.05, 4.69) is 9.97 Å². The Kier molecular flexibility index (Phi) is 2.62. The van der Waals surface area contributed by atoms with Crippen LogP contribution >= 0.6 is 35.2 Å². The van der Waals surface area contributed by atoms with Gasteiger partial charge in [0.15, 0.2) is 10.6 Å². The summed E-state index contributed by atoms with van der Waals surface area (Å²) >= 11 is 11.8. The minimum Gasteiger partial charge on any atom is -0.327 e. The summed E-state index contributed by atoms with van der Waals surface area (Å²) in [4.78, 5) is 7.02. The van der Waals surface area contributed by atoms with Crippen LogP contribution < -0.4 is 0 Å². The molecular formula is C8H4ClFN2S2. The van der Waals surface area contributed by atoms with Crippen LogP contribution in [-0.2, 0) is 0 Å². The summed E-state index contributed by atoms with van der Waals surface area (Å²) in [6.45, 7) is 0. The van der Waals surface area contributed by atoms with Gasteiger partial charge in [0.25, 0.3) is 0 Å². The van der Waals surface area contributed by atoms with E-state index < -0.39 is 5.82 Å². The van der Waals surface area contributed by atoms with Crippen LogP contribution in [0, 0.1) is 10.6 Å². The molecule has 2 aromatic heterocycles. The van der Waals surface area contributed by atoms with Gasteiger partial charge in [-0.15, -0.1) is 11.3 Å². The largest absolute Gasteiger partial charge is 0.327 e. The van der Waals surface area contributed by atoms with Gasteiger partial charge in [-0.1, -0.05) is 11.6 Å². The van der Waals surface area contributed by atoms with E-state index in [0.29, 0.717) is 14.9 Å². The maximum Gasteiger partial charge on any atom is 0.197 e. The summed E-state index contributed by atoms with van der Waals surface area (Å²) in [7, 11) is 0. The molecule has 1 N–H and O–H groups in total. The van der Waals surface area contributed by atoms with Gasteiger partial charge in [-0.05, 0) is 24.4 Å². The van der Waals surface area contributed by atoms with E-state index in [1.807, 2.05) is 0 Å². The summed E-state index contributed by atoms with van der Waals surface area (Å²) in [5, 5.41) is 0. The Morgan fingerprint density at radius 2 is 2.29 bits per heavy atom. The van der Waals surface area contributed by atoms with Gasteiger partial charge in [0, 0.05) is 0 Å². The first-order valence-electron chi connectivity index (χ1n) is 3.67. The number of nitrogens with one attached hydrogen (secondary N) is 1. The molecule has 0 fully saturated rings. The smallest absolute Gasteiger partial charge is 0.197 e. The van der Waals surface area contributed by atoms with Crippen LogP contribution in [0.15, 0.2) is 18.3 Å². The Morgan fingerprint density at radius 1 is 1.50 bits per heavy atom. The Balaban J connectivity index is 2.61. The van der Waals surface area contributed by atoms with Crippen molar-refractivity contribution in [1.29, 1.82) is 0 Å². The van der Waals surface area contributed by atoms with Crippen molar-refractivity contribution in [3.8, 4) is 10.6 Å². The van der Waals surface area contributed by atoms with E-state index in [4.69, 9.17) is 23.8 Å². The second kappa shape index (κ2) is 3.76. The first-order chi connectivity index (χ1) is 6.66. The quantitative estimate of drug-likeness (QED) is 0.778. The molecule has 0 aromatic carbocycles. The molecule has 14 heavy (non-hydrogen) atoms. The normalized spacial score (nSPS) is 10.4. The van der Waals surface area contributed by atoms with Crippen LogP contribution in [0.1, 0.15) is 0 Å². The average molecular weight is 247 g/mol. The molecule has 0 radical (unpaired) electrons. The van der Waals surface area contributed by atoms with E-state index in [-0.39, 0.29) is 4.77 Å². The number of aromatic nitrogens is 2. The third-order valence-electron chi connectivity index (χ3n) is 1.59. The summed E-state index contributed by atoms with van der Waals surface area (Å²) in [6.07, 6.45) is 1.10. The molecule has 72 valence electrons. The minimum absolute atomic E-state index is 0.255. The fraction of sp³-hybridized carbons (Fsp3) is 0. The maximum atomic E-state index is 13.3. The molecule has 6 heteroatoms. The molecule has 0 saturated carbocycles. The van der Waals surface area contributed by atoms with E-state index in [9.17, 15) is 4.39 Å². The number of H-pyrrole nitrogens is 1. The van der Waals surface area contributed by atoms with Crippen molar-refractivity contribution in [2.45, 2.75) is 0 Å². The predicted octanol–water partition coefficient (Wildman–Crippen LogP) is 3.66. The number of nitrogens with zero attached hydrogens (tertiary/aromatic N) is 1. The second-order valence-electron chi connectivity index (χ2n) is 2.52. The number of rotatable bonds is 1. The first-order valence-corrected chi connectivity index (χ1v) is 5.27. The van der Waals surface area contributed by atoms with Crippen LogP contribution in [0.4, 0.5) is 4.39 Å². The molecule has 0 aliphatic heterocycles. The highest BCUT2D eigenvalue weighted by Crippen LogP contribution is 2.30. The highest BCUT2D eigenvalue weighted by Gasteiger charge is 2.07. The molecule has 0 bridgehead atoms. The lowest BCUT2D eigenvalue weighted by molar-refractivity contribution is 0.617. The molecule has 0 aliphatic rings. The lowest BCUT2D eigenvalue weighted by Crippen LogP contribution is -1.89. The predicted molar refractivity (Wildman–Crippen MR) is 57.7 cm³/mol. The van der Waals surface area contributed by atoms with Crippen LogP contribution in [0.25, 0.3) is 10.6 Å². The third kappa shape index (κ3) is 1.84. The van der Waals surface area contributed by atoms with Gasteiger partial charge >= 0.3 is 0 Å². The zero-order chi connectivity index (χ0) is 10.1. The Bertz CT molecular complexity index is 520. The SMILES string of the molecule is Fc1cnc(=S)[nH]c1-c1ccc(Cl)s1. The number of hydrogen-bond donors (Lipinski definition) is 1. The van der Waals surface area contributed by atoms with Crippen LogP contribution in [-0.4, -0.2) is 9.97 Å². The highest BCUT2D eigenvalue weighted by molar-refractivity contribution is 7.71. The zero-order valence-electron chi connectivity index (χ0n) is 6.75. The van der Waals surface area contributed by atoms with E-state index >= 15 is 0 Å². The lowest BCUT2D eigenvalue weighted by Gasteiger charge is -1.98. The van der Waals surface area contributed by atoms with Crippen molar-refractivity contribution in [1.82, 2.24) is 9.97 Å². The lowest BCUT2D eigenvalue weighted by atomic mass is 10.3. The summed E-state index contributed by atoms with van der Waals surface area (Å²) < 4.78 is 14.2. The average Bonchev–Trinajstić information content (AvgIpc) is 2.56. The monoisotopic (exact) mass is 246 g/mol. The topological polar surface area (TPSA) is 28.7 Å². The Labute approximate surface area is 93.4 Å². The molecule has 0 aliphatic carbocycles. The van der Waals surface area contributed by atoms with Gasteiger partial charge in [-0.25, -0.2) is 9.37 Å². The molecule has 2 nitrogen and oxygen atoms in total. The first kappa shape index (κ1) is 9.76. The Morgan fingerprint density at radius 3 is 2.93 bits per heavy atom. The number of aromatic amines is 1. The maximum absolute atomic E-state index is 13.3. The zero-order valence-corrected chi connectivity index (χ0v) is 9.14. The molecular weight excluding hydrogens is 243 g/mol. The van der Waals surface area contributed by atoms with Crippen LogP contribution in [0.3, 0.4) is 0 Å². The fourth-order valence-corrected chi connectivity index (χ4v) is 2.21. The summed E-state index contributed by atoms with van der Waals surface area (Å²) in [6, 6.07) is 3.44. The number of thiophene rings is 1. The van der Waals surface area contributed by atoms with Crippen LogP contribution in [0.2, 0.25) is 4.34 Å². The standard InChI is InChI=1S/C8H4ClFN2S2/c9-6-2-1-5(14-6)7-4(10)3-11-8(13)12-7/h1-3H,(H,11,12,13). The van der Waals surface area contributed by atoms with Gasteiger partial charge < -0.3 is 4.98 Å². The van der Waals surface area contributed by atoms with Gasteiger partial charge in [-0.3, -0.25) is 0 Å². The molecule has 2 aromatic rings. The van der Waals surface area contributed by atoms with Crippen LogP contribution in [0.5, 0.6) is 0 Å². The molecule has 0 amide bonds. The van der Waals surface area contributed by atoms with E-state index in [1.165, 1.54) is 11.3 Å². The molecule has 0 atom stereocenters. The highest BCUT2D eigenvalue weighted by atomic mass is 35.5. The molecule has 0 unspecified atom stereocenters. The third-order valence-corrected chi connectivity index (χ3v) is 3.04. The number of hydrogen-bond acceptors (Lipinski definition) is 3. The molecule has 2 rings (SSSR count). The van der Waals surface area contributed by atoms with Gasteiger partial charge in [0.2, 0.25) is 0 Å². The molecule has 2 heterocycles. The van der Waals surface area contributed by atoms with Crippen molar-refractivity contribution in [3.05, 3.63) is 33.3 Å². The summed E-state index contributed by atoms with van der Waals surface area (Å²) in [5.74, 6) is -0.433. The van der Waals surface area contributed by atoms with Crippen molar-refractivity contribution in [2.75, 3.05) is 0 Å². The van der Waals surface area contributed by atoms with Gasteiger partial charge in [0.1, 0.15) is 0 Å². The van der Waals surface area contributed by atoms with Gasteiger partial charge in [-0.2, -0.15) is 0 Å². The minimum atomic E-state index is -0.433. The van der Waals surface area contributed by atoms with E-state index in [0.717, 1.165) is 6.20 Å². The Hall–Kier alpha value is -0.780. The van der Waals surface area contributed by atoms with Crippen molar-refractivity contribution in [3.63, 3.8) is 0 Å². The summed E-state index contributed by atoms with van der Waals surface area (Å²) in [5.41, 5.74) is 0.335. The molecule has 0 saturated heterocycles.